The summed E-state index contributed by atoms with van der Waals surface area (Å²) < 4.78 is 5.51. The second-order valence-electron chi connectivity index (χ2n) is 4.56. The summed E-state index contributed by atoms with van der Waals surface area (Å²) in [5, 5.41) is 5.52. The first kappa shape index (κ1) is 12.4. The molecule has 0 saturated carbocycles. The minimum Gasteiger partial charge on any atom is -0.478 e. The quantitative estimate of drug-likeness (QED) is 0.834. The van der Waals surface area contributed by atoms with Crippen molar-refractivity contribution >= 4 is 17.5 Å². The molecule has 1 aromatic rings. The van der Waals surface area contributed by atoms with Crippen LogP contribution >= 0.6 is 0 Å². The van der Waals surface area contributed by atoms with Gasteiger partial charge in [0.15, 0.2) is 11.9 Å². The molecule has 2 rings (SSSR count). The molecular formula is C13H16N2O3. The Morgan fingerprint density at radius 1 is 1.44 bits per heavy atom. The van der Waals surface area contributed by atoms with Crippen LogP contribution in [-0.2, 0) is 4.79 Å². The van der Waals surface area contributed by atoms with E-state index in [4.69, 9.17) is 4.74 Å². The van der Waals surface area contributed by atoms with Crippen LogP contribution in [0.3, 0.4) is 0 Å². The van der Waals surface area contributed by atoms with Crippen molar-refractivity contribution in [2.45, 2.75) is 32.9 Å². The number of hydrogen-bond acceptors (Lipinski definition) is 3. The van der Waals surface area contributed by atoms with Gasteiger partial charge in [-0.3, -0.25) is 9.59 Å². The fourth-order valence-electron chi connectivity index (χ4n) is 1.75. The van der Waals surface area contributed by atoms with E-state index >= 15 is 0 Å². The summed E-state index contributed by atoms with van der Waals surface area (Å²) in [4.78, 5) is 23.5. The van der Waals surface area contributed by atoms with Gasteiger partial charge in [0.2, 0.25) is 0 Å². The van der Waals surface area contributed by atoms with E-state index in [2.05, 4.69) is 10.6 Å². The van der Waals surface area contributed by atoms with Crippen molar-refractivity contribution in [1.82, 2.24) is 5.32 Å². The molecule has 5 heteroatoms. The SMILES string of the molecule is CC(C)NC(=O)c1cccc2c1OC(C)C(=O)N2. The Kier molecular flexibility index (Phi) is 3.23. The molecule has 0 radical (unpaired) electrons. The third-order valence-corrected chi connectivity index (χ3v) is 2.60. The maximum Gasteiger partial charge on any atom is 0.265 e. The number of nitrogens with one attached hydrogen (secondary N) is 2. The highest BCUT2D eigenvalue weighted by Crippen LogP contribution is 2.33. The molecule has 1 aromatic carbocycles. The Balaban J connectivity index is 2.36. The van der Waals surface area contributed by atoms with Crippen molar-refractivity contribution in [2.75, 3.05) is 5.32 Å². The van der Waals surface area contributed by atoms with Crippen LogP contribution in [0, 0.1) is 0 Å². The predicted octanol–water partition coefficient (Wildman–Crippen LogP) is 1.54. The van der Waals surface area contributed by atoms with Gasteiger partial charge in [-0.25, -0.2) is 0 Å². The first-order chi connectivity index (χ1) is 8.49. The van der Waals surface area contributed by atoms with Crippen LogP contribution in [0.25, 0.3) is 0 Å². The molecule has 5 nitrogen and oxygen atoms in total. The average Bonchev–Trinajstić information content (AvgIpc) is 2.29. The Labute approximate surface area is 106 Å². The van der Waals surface area contributed by atoms with Crippen LogP contribution in [0.2, 0.25) is 0 Å². The summed E-state index contributed by atoms with van der Waals surface area (Å²) >= 11 is 0. The molecule has 1 unspecified atom stereocenters. The predicted molar refractivity (Wildman–Crippen MR) is 67.8 cm³/mol. The number of benzene rings is 1. The van der Waals surface area contributed by atoms with E-state index in [0.29, 0.717) is 17.0 Å². The van der Waals surface area contributed by atoms with E-state index in [1.807, 2.05) is 13.8 Å². The number of hydrogen-bond donors (Lipinski definition) is 2. The highest BCUT2D eigenvalue weighted by atomic mass is 16.5. The smallest absolute Gasteiger partial charge is 0.265 e. The van der Waals surface area contributed by atoms with Gasteiger partial charge in [0.25, 0.3) is 11.8 Å². The van der Waals surface area contributed by atoms with Gasteiger partial charge in [0.1, 0.15) is 0 Å². The van der Waals surface area contributed by atoms with Crippen LogP contribution in [0.5, 0.6) is 5.75 Å². The molecular weight excluding hydrogens is 232 g/mol. The van der Waals surface area contributed by atoms with Gasteiger partial charge in [-0.15, -0.1) is 0 Å². The zero-order chi connectivity index (χ0) is 13.3. The average molecular weight is 248 g/mol. The first-order valence-electron chi connectivity index (χ1n) is 5.90. The van der Waals surface area contributed by atoms with Crippen LogP contribution in [0.4, 0.5) is 5.69 Å². The fraction of sp³-hybridized carbons (Fsp3) is 0.385. The van der Waals surface area contributed by atoms with Crippen LogP contribution in [0.1, 0.15) is 31.1 Å². The lowest BCUT2D eigenvalue weighted by Crippen LogP contribution is -2.36. The lowest BCUT2D eigenvalue weighted by molar-refractivity contribution is -0.122. The maximum absolute atomic E-state index is 12.0. The van der Waals surface area contributed by atoms with E-state index in [1.165, 1.54) is 0 Å². The molecule has 96 valence electrons. The third kappa shape index (κ3) is 2.30. The van der Waals surface area contributed by atoms with Gasteiger partial charge in [-0.1, -0.05) is 6.07 Å². The number of ether oxygens (including phenoxy) is 1. The number of para-hydroxylation sites is 1. The molecule has 1 atom stereocenters. The molecule has 0 aromatic heterocycles. The second-order valence-corrected chi connectivity index (χ2v) is 4.56. The summed E-state index contributed by atoms with van der Waals surface area (Å²) in [6.45, 7) is 5.42. The van der Waals surface area contributed by atoms with Crippen molar-refractivity contribution in [3.8, 4) is 5.75 Å². The van der Waals surface area contributed by atoms with Crippen LogP contribution in [0.15, 0.2) is 18.2 Å². The molecule has 1 aliphatic heterocycles. The maximum atomic E-state index is 12.0. The van der Waals surface area contributed by atoms with Crippen molar-refractivity contribution in [1.29, 1.82) is 0 Å². The van der Waals surface area contributed by atoms with E-state index in [9.17, 15) is 9.59 Å². The van der Waals surface area contributed by atoms with Gasteiger partial charge < -0.3 is 15.4 Å². The standard InChI is InChI=1S/C13H16N2O3/c1-7(2)14-13(17)9-5-4-6-10-11(9)18-8(3)12(16)15-10/h4-8H,1-3H3,(H,14,17)(H,15,16). The van der Waals surface area contributed by atoms with Crippen molar-refractivity contribution in [3.63, 3.8) is 0 Å². The van der Waals surface area contributed by atoms with Gasteiger partial charge in [0, 0.05) is 6.04 Å². The number of carbonyl (C=O) groups is 2. The first-order valence-corrected chi connectivity index (χ1v) is 5.90. The Hall–Kier alpha value is -2.04. The van der Waals surface area contributed by atoms with Gasteiger partial charge in [-0.05, 0) is 32.9 Å². The zero-order valence-electron chi connectivity index (χ0n) is 10.6. The van der Waals surface area contributed by atoms with E-state index in [1.54, 1.807) is 25.1 Å². The summed E-state index contributed by atoms with van der Waals surface area (Å²) in [5.74, 6) is 0.0249. The molecule has 0 aliphatic carbocycles. The topological polar surface area (TPSA) is 67.4 Å². The van der Waals surface area contributed by atoms with Crippen molar-refractivity contribution < 1.29 is 14.3 Å². The van der Waals surface area contributed by atoms with Gasteiger partial charge in [-0.2, -0.15) is 0 Å². The molecule has 0 fully saturated rings. The zero-order valence-corrected chi connectivity index (χ0v) is 10.6. The lowest BCUT2D eigenvalue weighted by atomic mass is 10.1. The minimum atomic E-state index is -0.592. The lowest BCUT2D eigenvalue weighted by Gasteiger charge is -2.25. The molecule has 0 spiro atoms. The number of rotatable bonds is 2. The Bertz CT molecular complexity index is 497. The summed E-state index contributed by atoms with van der Waals surface area (Å²) in [6, 6.07) is 5.16. The molecule has 1 heterocycles. The number of anilines is 1. The van der Waals surface area contributed by atoms with Crippen molar-refractivity contribution in [3.05, 3.63) is 23.8 Å². The highest BCUT2D eigenvalue weighted by molar-refractivity contribution is 6.04. The van der Waals surface area contributed by atoms with Gasteiger partial charge in [0.05, 0.1) is 11.3 Å². The number of fused-ring (bicyclic) bond motifs is 1. The Morgan fingerprint density at radius 2 is 2.17 bits per heavy atom. The fourth-order valence-corrected chi connectivity index (χ4v) is 1.75. The molecule has 18 heavy (non-hydrogen) atoms. The number of carbonyl (C=O) groups excluding carboxylic acids is 2. The molecule has 0 bridgehead atoms. The largest absolute Gasteiger partial charge is 0.478 e. The van der Waals surface area contributed by atoms with E-state index in [0.717, 1.165) is 0 Å². The Morgan fingerprint density at radius 3 is 2.83 bits per heavy atom. The molecule has 0 saturated heterocycles. The van der Waals surface area contributed by atoms with E-state index < -0.39 is 6.10 Å². The molecule has 2 amide bonds. The van der Waals surface area contributed by atoms with Crippen molar-refractivity contribution in [2.24, 2.45) is 0 Å². The summed E-state index contributed by atoms with van der Waals surface area (Å²) in [7, 11) is 0. The van der Waals surface area contributed by atoms with Crippen LogP contribution < -0.4 is 15.4 Å². The molecule has 1 aliphatic rings. The van der Waals surface area contributed by atoms with E-state index in [-0.39, 0.29) is 17.9 Å². The monoisotopic (exact) mass is 248 g/mol. The highest BCUT2D eigenvalue weighted by Gasteiger charge is 2.27. The molecule has 2 N–H and O–H groups in total. The normalized spacial score (nSPS) is 17.8. The third-order valence-electron chi connectivity index (χ3n) is 2.60. The second kappa shape index (κ2) is 4.68. The summed E-state index contributed by atoms with van der Waals surface area (Å²) in [6.07, 6.45) is -0.592. The number of amides is 2. The minimum absolute atomic E-state index is 0.0453. The van der Waals surface area contributed by atoms with Crippen LogP contribution in [-0.4, -0.2) is 24.0 Å². The summed E-state index contributed by atoms with van der Waals surface area (Å²) in [5.41, 5.74) is 0.975. The van der Waals surface area contributed by atoms with Gasteiger partial charge >= 0.3 is 0 Å².